The smallest absolute Gasteiger partial charge is 0.251 e. The summed E-state index contributed by atoms with van der Waals surface area (Å²) in [5.74, 6) is 0.315. The number of carbonyl (C=O) groups is 2. The molecular weight excluding hydrogens is 378 g/mol. The summed E-state index contributed by atoms with van der Waals surface area (Å²) in [6.07, 6.45) is 4.12. The van der Waals surface area contributed by atoms with E-state index in [1.165, 1.54) is 28.6 Å². The predicted molar refractivity (Wildman–Crippen MR) is 106 cm³/mol. The number of sulfonamides is 1. The van der Waals surface area contributed by atoms with Crippen LogP contribution in [0.25, 0.3) is 0 Å². The lowest BCUT2D eigenvalue weighted by Crippen LogP contribution is -2.37. The lowest BCUT2D eigenvalue weighted by molar-refractivity contribution is -0.129. The van der Waals surface area contributed by atoms with Gasteiger partial charge in [-0.1, -0.05) is 6.92 Å². The van der Waals surface area contributed by atoms with Crippen LogP contribution in [-0.2, 0) is 14.8 Å². The first-order valence-corrected chi connectivity index (χ1v) is 11.5. The summed E-state index contributed by atoms with van der Waals surface area (Å²) in [7, 11) is -3.51. The monoisotopic (exact) mass is 407 g/mol. The summed E-state index contributed by atoms with van der Waals surface area (Å²) in [6.45, 7) is 5.10. The van der Waals surface area contributed by atoms with Gasteiger partial charge in [0.25, 0.3) is 5.91 Å². The van der Waals surface area contributed by atoms with E-state index in [4.69, 9.17) is 0 Å². The molecule has 2 saturated heterocycles. The van der Waals surface area contributed by atoms with Crippen LogP contribution in [0.1, 0.15) is 49.4 Å². The van der Waals surface area contributed by atoms with Crippen molar-refractivity contribution < 1.29 is 18.0 Å². The van der Waals surface area contributed by atoms with Crippen molar-refractivity contribution in [1.29, 1.82) is 0 Å². The number of nitrogens with zero attached hydrogens (tertiary/aromatic N) is 2. The van der Waals surface area contributed by atoms with E-state index < -0.39 is 10.0 Å². The van der Waals surface area contributed by atoms with Crippen LogP contribution >= 0.6 is 0 Å². The van der Waals surface area contributed by atoms with Gasteiger partial charge in [0.15, 0.2) is 0 Å². The molecule has 3 rings (SSSR count). The van der Waals surface area contributed by atoms with Gasteiger partial charge in [-0.2, -0.15) is 4.31 Å². The molecule has 1 N–H and O–H groups in total. The largest absolute Gasteiger partial charge is 0.352 e. The highest BCUT2D eigenvalue weighted by Crippen LogP contribution is 2.23. The molecule has 28 heavy (non-hydrogen) atoms. The first-order valence-electron chi connectivity index (χ1n) is 10.0. The molecule has 0 aromatic heterocycles. The van der Waals surface area contributed by atoms with Gasteiger partial charge in [-0.25, -0.2) is 8.42 Å². The van der Waals surface area contributed by atoms with Gasteiger partial charge in [0.2, 0.25) is 15.9 Å². The lowest BCUT2D eigenvalue weighted by atomic mass is 10.0. The topological polar surface area (TPSA) is 86.8 Å². The van der Waals surface area contributed by atoms with Gasteiger partial charge in [0.1, 0.15) is 0 Å². The summed E-state index contributed by atoms with van der Waals surface area (Å²) in [4.78, 5) is 26.3. The molecule has 2 fully saturated rings. The number of piperidine rings is 1. The van der Waals surface area contributed by atoms with E-state index in [0.29, 0.717) is 24.6 Å². The Morgan fingerprint density at radius 1 is 1.04 bits per heavy atom. The maximum absolute atomic E-state index is 12.7. The van der Waals surface area contributed by atoms with Crippen LogP contribution in [0.15, 0.2) is 29.2 Å². The zero-order valence-corrected chi connectivity index (χ0v) is 17.2. The fraction of sp³-hybridized carbons (Fsp3) is 0.600. The van der Waals surface area contributed by atoms with Crippen LogP contribution in [0.2, 0.25) is 0 Å². The van der Waals surface area contributed by atoms with Crippen molar-refractivity contribution in [2.75, 3.05) is 32.7 Å². The molecule has 7 nitrogen and oxygen atoms in total. The average molecular weight is 408 g/mol. The van der Waals surface area contributed by atoms with Crippen LogP contribution in [0, 0.1) is 5.92 Å². The zero-order valence-electron chi connectivity index (χ0n) is 16.4. The molecule has 2 amide bonds. The molecule has 2 aliphatic rings. The Morgan fingerprint density at radius 3 is 2.25 bits per heavy atom. The molecule has 0 spiro atoms. The van der Waals surface area contributed by atoms with Crippen LogP contribution in [0.4, 0.5) is 0 Å². The Morgan fingerprint density at radius 2 is 1.64 bits per heavy atom. The van der Waals surface area contributed by atoms with Crippen LogP contribution in [0.5, 0.6) is 0 Å². The summed E-state index contributed by atoms with van der Waals surface area (Å²) in [5.41, 5.74) is 0.389. The third-order valence-electron chi connectivity index (χ3n) is 5.58. The molecule has 2 aliphatic heterocycles. The van der Waals surface area contributed by atoms with Gasteiger partial charge in [0, 0.05) is 44.7 Å². The van der Waals surface area contributed by atoms with Crippen LogP contribution in [-0.4, -0.2) is 62.2 Å². The predicted octanol–water partition coefficient (Wildman–Crippen LogP) is 1.85. The van der Waals surface area contributed by atoms with E-state index in [0.717, 1.165) is 38.8 Å². The van der Waals surface area contributed by atoms with E-state index in [2.05, 4.69) is 12.2 Å². The number of hydrogen-bond donors (Lipinski definition) is 1. The van der Waals surface area contributed by atoms with Gasteiger partial charge in [0.05, 0.1) is 4.90 Å². The van der Waals surface area contributed by atoms with E-state index in [1.54, 1.807) is 0 Å². The standard InChI is InChI=1S/C20H29N3O4S/c1-16-9-14-23(15-10-16)28(26,27)18-6-4-17(5-7-18)20(25)21-11-8-19(24)22-12-2-3-13-22/h4-7,16H,2-3,8-15H2,1H3,(H,21,25). The fourth-order valence-corrected chi connectivity index (χ4v) is 5.13. The van der Waals surface area contributed by atoms with E-state index in [-0.39, 0.29) is 29.7 Å². The maximum atomic E-state index is 12.7. The minimum atomic E-state index is -3.51. The van der Waals surface area contributed by atoms with Crippen LogP contribution < -0.4 is 5.32 Å². The van der Waals surface area contributed by atoms with Gasteiger partial charge in [-0.15, -0.1) is 0 Å². The lowest BCUT2D eigenvalue weighted by Gasteiger charge is -2.29. The summed E-state index contributed by atoms with van der Waals surface area (Å²) >= 11 is 0. The molecule has 8 heteroatoms. The van der Waals surface area contributed by atoms with Crippen molar-refractivity contribution in [3.05, 3.63) is 29.8 Å². The highest BCUT2D eigenvalue weighted by Gasteiger charge is 2.28. The van der Waals surface area contributed by atoms with Gasteiger partial charge >= 0.3 is 0 Å². The first kappa shape index (κ1) is 20.8. The number of rotatable bonds is 6. The quantitative estimate of drug-likeness (QED) is 0.780. The number of nitrogens with one attached hydrogen (secondary N) is 1. The second-order valence-electron chi connectivity index (χ2n) is 7.70. The molecule has 0 atom stereocenters. The first-order chi connectivity index (χ1) is 13.4. The second kappa shape index (κ2) is 9.05. The van der Waals surface area contributed by atoms with Gasteiger partial charge in [-0.3, -0.25) is 9.59 Å². The molecule has 0 unspecified atom stereocenters. The fourth-order valence-electron chi connectivity index (χ4n) is 3.66. The van der Waals surface area contributed by atoms with E-state index >= 15 is 0 Å². The molecular formula is C20H29N3O4S. The molecule has 1 aromatic carbocycles. The third-order valence-corrected chi connectivity index (χ3v) is 7.49. The SMILES string of the molecule is CC1CCN(S(=O)(=O)c2ccc(C(=O)NCCC(=O)N3CCCC3)cc2)CC1. The van der Waals surface area contributed by atoms with Crippen molar-refractivity contribution in [3.8, 4) is 0 Å². The molecule has 0 radical (unpaired) electrons. The number of carbonyl (C=O) groups excluding carboxylic acids is 2. The number of amides is 2. The van der Waals surface area contributed by atoms with Crippen molar-refractivity contribution in [2.24, 2.45) is 5.92 Å². The molecule has 0 saturated carbocycles. The number of likely N-dealkylation sites (tertiary alicyclic amines) is 1. The summed E-state index contributed by atoms with van der Waals surface area (Å²) in [6, 6.07) is 6.02. The Labute approximate surface area is 167 Å². The third kappa shape index (κ3) is 4.91. The zero-order chi connectivity index (χ0) is 20.1. The molecule has 154 valence electrons. The molecule has 0 aliphatic carbocycles. The molecule has 2 heterocycles. The Bertz CT molecular complexity index is 793. The normalized spacial score (nSPS) is 19.0. The Balaban J connectivity index is 1.53. The van der Waals surface area contributed by atoms with Crippen molar-refractivity contribution in [1.82, 2.24) is 14.5 Å². The van der Waals surface area contributed by atoms with Crippen molar-refractivity contribution in [2.45, 2.75) is 43.9 Å². The van der Waals surface area contributed by atoms with Gasteiger partial charge < -0.3 is 10.2 Å². The molecule has 1 aromatic rings. The maximum Gasteiger partial charge on any atom is 0.251 e. The summed E-state index contributed by atoms with van der Waals surface area (Å²) in [5, 5.41) is 2.73. The highest BCUT2D eigenvalue weighted by atomic mass is 32.2. The summed E-state index contributed by atoms with van der Waals surface area (Å²) < 4.78 is 27.0. The Hall–Kier alpha value is -1.93. The Kier molecular flexibility index (Phi) is 6.72. The van der Waals surface area contributed by atoms with E-state index in [9.17, 15) is 18.0 Å². The average Bonchev–Trinajstić information content (AvgIpc) is 3.23. The van der Waals surface area contributed by atoms with Gasteiger partial charge in [-0.05, 0) is 55.9 Å². The minimum Gasteiger partial charge on any atom is -0.352 e. The highest BCUT2D eigenvalue weighted by molar-refractivity contribution is 7.89. The van der Waals surface area contributed by atoms with Crippen molar-refractivity contribution in [3.63, 3.8) is 0 Å². The number of hydrogen-bond acceptors (Lipinski definition) is 4. The second-order valence-corrected chi connectivity index (χ2v) is 9.64. The van der Waals surface area contributed by atoms with Crippen LogP contribution in [0.3, 0.4) is 0 Å². The minimum absolute atomic E-state index is 0.0649. The van der Waals surface area contributed by atoms with E-state index in [1.807, 2.05) is 4.90 Å². The molecule has 0 bridgehead atoms. The van der Waals surface area contributed by atoms with Crippen molar-refractivity contribution >= 4 is 21.8 Å². The number of benzene rings is 1.